The number of hydrogen-bond acceptors (Lipinski definition) is 3. The molecule has 6 heteroatoms. The Bertz CT molecular complexity index is 645. The van der Waals surface area contributed by atoms with E-state index in [2.05, 4.69) is 6.92 Å². The summed E-state index contributed by atoms with van der Waals surface area (Å²) in [5.41, 5.74) is 0.890. The van der Waals surface area contributed by atoms with Gasteiger partial charge in [-0.15, -0.1) is 0 Å². The minimum atomic E-state index is -3.48. The zero-order chi connectivity index (χ0) is 17.7. The summed E-state index contributed by atoms with van der Waals surface area (Å²) >= 11 is 0. The molecule has 0 radical (unpaired) electrons. The van der Waals surface area contributed by atoms with Crippen molar-refractivity contribution in [3.63, 3.8) is 0 Å². The molecule has 1 aliphatic heterocycles. The minimum absolute atomic E-state index is 0.0882. The number of carbonyl (C=O) groups excluding carboxylic acids is 1. The van der Waals surface area contributed by atoms with Gasteiger partial charge in [-0.05, 0) is 38.2 Å². The summed E-state index contributed by atoms with van der Waals surface area (Å²) < 4.78 is 25.9. The molecule has 1 heterocycles. The third kappa shape index (κ3) is 4.57. The van der Waals surface area contributed by atoms with Crippen LogP contribution in [-0.2, 0) is 14.8 Å². The van der Waals surface area contributed by atoms with Crippen LogP contribution in [0.1, 0.15) is 51.1 Å². The molecule has 0 N–H and O–H groups in total. The van der Waals surface area contributed by atoms with E-state index in [4.69, 9.17) is 0 Å². The van der Waals surface area contributed by atoms with Crippen LogP contribution >= 0.6 is 0 Å². The van der Waals surface area contributed by atoms with Crippen molar-refractivity contribution in [2.75, 3.05) is 19.3 Å². The summed E-state index contributed by atoms with van der Waals surface area (Å²) in [4.78, 5) is 14.7. The summed E-state index contributed by atoms with van der Waals surface area (Å²) in [6, 6.07) is 9.31. The number of amides is 1. The van der Waals surface area contributed by atoms with Crippen molar-refractivity contribution >= 4 is 15.9 Å². The van der Waals surface area contributed by atoms with Crippen molar-refractivity contribution < 1.29 is 13.2 Å². The van der Waals surface area contributed by atoms with E-state index in [0.717, 1.165) is 37.8 Å². The van der Waals surface area contributed by atoms with Crippen molar-refractivity contribution in [1.29, 1.82) is 0 Å². The van der Waals surface area contributed by atoms with Gasteiger partial charge in [0.15, 0.2) is 0 Å². The zero-order valence-electron chi connectivity index (χ0n) is 14.8. The third-order valence-corrected chi connectivity index (χ3v) is 6.15. The Morgan fingerprint density at radius 1 is 1.29 bits per heavy atom. The molecular formula is C18H28N2O3S. The molecule has 1 aromatic carbocycles. The average molecular weight is 353 g/mol. The SMILES string of the molecule is CCC1CCCCN1C(=O)CN(C(C)c1ccccc1)S(C)(=O)=O. The molecule has 2 rings (SSSR count). The molecule has 0 bridgehead atoms. The Morgan fingerprint density at radius 3 is 2.54 bits per heavy atom. The van der Waals surface area contributed by atoms with E-state index in [1.54, 1.807) is 0 Å². The second-order valence-electron chi connectivity index (χ2n) is 6.54. The molecule has 2 atom stereocenters. The number of likely N-dealkylation sites (tertiary alicyclic amines) is 1. The molecule has 0 aromatic heterocycles. The van der Waals surface area contributed by atoms with Crippen LogP contribution in [0.15, 0.2) is 30.3 Å². The molecule has 1 aliphatic rings. The maximum absolute atomic E-state index is 12.8. The largest absolute Gasteiger partial charge is 0.339 e. The van der Waals surface area contributed by atoms with Gasteiger partial charge >= 0.3 is 0 Å². The van der Waals surface area contributed by atoms with E-state index >= 15 is 0 Å². The Labute approximate surface area is 145 Å². The van der Waals surface area contributed by atoms with Gasteiger partial charge in [-0.3, -0.25) is 4.79 Å². The van der Waals surface area contributed by atoms with E-state index in [1.165, 1.54) is 10.6 Å². The van der Waals surface area contributed by atoms with Gasteiger partial charge in [0, 0.05) is 18.6 Å². The fraction of sp³-hybridized carbons (Fsp3) is 0.611. The second kappa shape index (κ2) is 8.12. The lowest BCUT2D eigenvalue weighted by Gasteiger charge is -2.37. The topological polar surface area (TPSA) is 57.7 Å². The number of piperidine rings is 1. The van der Waals surface area contributed by atoms with Crippen molar-refractivity contribution in [3.05, 3.63) is 35.9 Å². The van der Waals surface area contributed by atoms with Gasteiger partial charge < -0.3 is 4.90 Å². The predicted molar refractivity (Wildman–Crippen MR) is 96.0 cm³/mol. The highest BCUT2D eigenvalue weighted by Gasteiger charge is 2.31. The number of carbonyl (C=O) groups is 1. The van der Waals surface area contributed by atoms with Gasteiger partial charge in [-0.25, -0.2) is 8.42 Å². The van der Waals surface area contributed by atoms with Gasteiger partial charge in [0.2, 0.25) is 15.9 Å². The lowest BCUT2D eigenvalue weighted by molar-refractivity contribution is -0.135. The highest BCUT2D eigenvalue weighted by molar-refractivity contribution is 7.88. The number of rotatable bonds is 6. The number of sulfonamides is 1. The van der Waals surface area contributed by atoms with E-state index < -0.39 is 10.0 Å². The number of hydrogen-bond donors (Lipinski definition) is 0. The Kier molecular flexibility index (Phi) is 6.40. The van der Waals surface area contributed by atoms with Crippen LogP contribution in [0.4, 0.5) is 0 Å². The van der Waals surface area contributed by atoms with Crippen molar-refractivity contribution in [2.45, 2.75) is 51.6 Å². The quantitative estimate of drug-likeness (QED) is 0.791. The first kappa shape index (κ1) is 18.9. The van der Waals surface area contributed by atoms with E-state index in [-0.39, 0.29) is 24.5 Å². The minimum Gasteiger partial charge on any atom is -0.339 e. The normalized spacial score (nSPS) is 20.2. The lowest BCUT2D eigenvalue weighted by atomic mass is 10.00. The maximum atomic E-state index is 12.8. The third-order valence-electron chi connectivity index (χ3n) is 4.85. The summed E-state index contributed by atoms with van der Waals surface area (Å²) in [5.74, 6) is -0.0882. The standard InChI is InChI=1S/C18H28N2O3S/c1-4-17-12-8-9-13-19(17)18(21)14-20(24(3,22)23)15(2)16-10-6-5-7-11-16/h5-7,10-11,15,17H,4,8-9,12-14H2,1-3H3. The van der Waals surface area contributed by atoms with Gasteiger partial charge in [0.05, 0.1) is 12.8 Å². The second-order valence-corrected chi connectivity index (χ2v) is 8.47. The van der Waals surface area contributed by atoms with Crippen LogP contribution in [0.2, 0.25) is 0 Å². The Morgan fingerprint density at radius 2 is 1.96 bits per heavy atom. The van der Waals surface area contributed by atoms with Crippen LogP contribution in [0.3, 0.4) is 0 Å². The highest BCUT2D eigenvalue weighted by Crippen LogP contribution is 2.24. The highest BCUT2D eigenvalue weighted by atomic mass is 32.2. The van der Waals surface area contributed by atoms with E-state index in [1.807, 2.05) is 42.2 Å². The molecule has 0 spiro atoms. The van der Waals surface area contributed by atoms with Crippen LogP contribution in [-0.4, -0.2) is 48.9 Å². The lowest BCUT2D eigenvalue weighted by Crippen LogP contribution is -2.49. The fourth-order valence-electron chi connectivity index (χ4n) is 3.42. The molecule has 1 amide bonds. The summed E-state index contributed by atoms with van der Waals surface area (Å²) in [5, 5.41) is 0. The fourth-order valence-corrected chi connectivity index (χ4v) is 4.46. The summed E-state index contributed by atoms with van der Waals surface area (Å²) in [7, 11) is -3.48. The average Bonchev–Trinajstić information content (AvgIpc) is 2.58. The monoisotopic (exact) mass is 352 g/mol. The summed E-state index contributed by atoms with van der Waals surface area (Å²) in [6.07, 6.45) is 5.23. The molecule has 24 heavy (non-hydrogen) atoms. The van der Waals surface area contributed by atoms with E-state index in [0.29, 0.717) is 0 Å². The molecule has 1 saturated heterocycles. The van der Waals surface area contributed by atoms with Gasteiger partial charge in [0.1, 0.15) is 0 Å². The van der Waals surface area contributed by atoms with Crippen LogP contribution in [0, 0.1) is 0 Å². The summed E-state index contributed by atoms with van der Waals surface area (Å²) in [6.45, 7) is 4.55. The van der Waals surface area contributed by atoms with Gasteiger partial charge in [0.25, 0.3) is 0 Å². The Hall–Kier alpha value is -1.40. The molecule has 2 unspecified atom stereocenters. The predicted octanol–water partition coefficient (Wildman–Crippen LogP) is 2.80. The Balaban J connectivity index is 2.19. The van der Waals surface area contributed by atoms with Crippen LogP contribution in [0.25, 0.3) is 0 Å². The van der Waals surface area contributed by atoms with Crippen molar-refractivity contribution in [2.24, 2.45) is 0 Å². The molecule has 5 nitrogen and oxygen atoms in total. The first-order valence-corrected chi connectivity index (χ1v) is 10.5. The molecule has 1 aromatic rings. The molecule has 134 valence electrons. The molecule has 1 fully saturated rings. The zero-order valence-corrected chi connectivity index (χ0v) is 15.6. The van der Waals surface area contributed by atoms with Gasteiger partial charge in [-0.1, -0.05) is 37.3 Å². The van der Waals surface area contributed by atoms with Crippen LogP contribution < -0.4 is 0 Å². The molecule has 0 saturated carbocycles. The number of benzene rings is 1. The smallest absolute Gasteiger partial charge is 0.238 e. The molecule has 0 aliphatic carbocycles. The van der Waals surface area contributed by atoms with Crippen molar-refractivity contribution in [1.82, 2.24) is 9.21 Å². The first-order chi connectivity index (χ1) is 11.3. The number of nitrogens with zero attached hydrogens (tertiary/aromatic N) is 2. The van der Waals surface area contributed by atoms with Crippen molar-refractivity contribution in [3.8, 4) is 0 Å². The first-order valence-electron chi connectivity index (χ1n) is 8.65. The van der Waals surface area contributed by atoms with E-state index in [9.17, 15) is 13.2 Å². The van der Waals surface area contributed by atoms with Crippen LogP contribution in [0.5, 0.6) is 0 Å². The molecular weight excluding hydrogens is 324 g/mol. The maximum Gasteiger partial charge on any atom is 0.238 e. The van der Waals surface area contributed by atoms with Gasteiger partial charge in [-0.2, -0.15) is 4.31 Å².